The first kappa shape index (κ1) is 8.07. The number of hydrogen-bond acceptors (Lipinski definition) is 2. The molecule has 0 aliphatic heterocycles. The van der Waals surface area contributed by atoms with Crippen molar-refractivity contribution in [3.05, 3.63) is 0 Å². The number of rotatable bonds is 1. The third-order valence-corrected chi connectivity index (χ3v) is 0.933. The molecule has 0 amide bonds. The Balaban J connectivity index is 0.000000490. The van der Waals surface area contributed by atoms with Gasteiger partial charge in [-0.1, -0.05) is 0 Å². The lowest BCUT2D eigenvalue weighted by Gasteiger charge is -1.88. The van der Waals surface area contributed by atoms with Crippen molar-refractivity contribution in [2.24, 2.45) is 5.90 Å². The number of halogens is 3. The number of alkyl halides is 2. The van der Waals surface area contributed by atoms with Gasteiger partial charge in [-0.25, -0.2) is 14.7 Å². The summed E-state index contributed by atoms with van der Waals surface area (Å²) in [6.07, 6.45) is -1.23. The summed E-state index contributed by atoms with van der Waals surface area (Å²) in [7, 11) is 0. The highest BCUT2D eigenvalue weighted by Gasteiger charge is 2.58. The Hall–Kier alpha value is 0.0700. The monoisotopic (exact) mass is 145 g/mol. The molecule has 1 aliphatic rings. The summed E-state index contributed by atoms with van der Waals surface area (Å²) in [6.45, 7) is 0. The summed E-state index contributed by atoms with van der Waals surface area (Å²) in [5.41, 5.74) is 0. The van der Waals surface area contributed by atoms with E-state index >= 15 is 0 Å². The van der Waals surface area contributed by atoms with Crippen LogP contribution in [0, 0.1) is 0 Å². The van der Waals surface area contributed by atoms with Gasteiger partial charge in [-0.15, -0.1) is 12.4 Å². The van der Waals surface area contributed by atoms with Crippen molar-refractivity contribution < 1.29 is 13.6 Å². The second kappa shape index (κ2) is 2.13. The van der Waals surface area contributed by atoms with Crippen LogP contribution in [0.15, 0.2) is 0 Å². The van der Waals surface area contributed by atoms with Gasteiger partial charge in [0, 0.05) is 6.42 Å². The summed E-state index contributed by atoms with van der Waals surface area (Å²) in [5, 5.41) is 0. The fourth-order valence-corrected chi connectivity index (χ4v) is 0.336. The Morgan fingerprint density at radius 2 is 2.00 bits per heavy atom. The molecule has 50 valence electrons. The maximum absolute atomic E-state index is 11.6. The van der Waals surface area contributed by atoms with Gasteiger partial charge in [0.25, 0.3) is 5.92 Å². The van der Waals surface area contributed by atoms with Crippen molar-refractivity contribution in [3.8, 4) is 0 Å². The van der Waals surface area contributed by atoms with E-state index < -0.39 is 12.0 Å². The first-order valence-electron chi connectivity index (χ1n) is 1.90. The van der Waals surface area contributed by atoms with Crippen molar-refractivity contribution in [1.29, 1.82) is 0 Å². The van der Waals surface area contributed by atoms with Crippen molar-refractivity contribution in [2.45, 2.75) is 18.4 Å². The summed E-state index contributed by atoms with van der Waals surface area (Å²) in [5.74, 6) is 1.80. The van der Waals surface area contributed by atoms with Gasteiger partial charge in [0.15, 0.2) is 0 Å². The number of nitrogens with two attached hydrogens (primary N) is 1. The molecule has 5 heteroatoms. The predicted molar refractivity (Wildman–Crippen MR) is 25.9 cm³/mol. The van der Waals surface area contributed by atoms with E-state index in [-0.39, 0.29) is 18.8 Å². The SMILES string of the molecule is Cl.NOC1CC1(F)F. The summed E-state index contributed by atoms with van der Waals surface area (Å²) in [4.78, 5) is 3.83. The lowest BCUT2D eigenvalue weighted by atomic mass is 10.8. The van der Waals surface area contributed by atoms with Crippen LogP contribution >= 0.6 is 12.4 Å². The van der Waals surface area contributed by atoms with Crippen LogP contribution in [0.3, 0.4) is 0 Å². The Kier molecular flexibility index (Phi) is 2.14. The molecule has 1 atom stereocenters. The molecule has 1 saturated carbocycles. The predicted octanol–water partition coefficient (Wildman–Crippen LogP) is 0.706. The van der Waals surface area contributed by atoms with Gasteiger partial charge in [-0.2, -0.15) is 0 Å². The molecule has 1 rings (SSSR count). The van der Waals surface area contributed by atoms with Crippen molar-refractivity contribution in [3.63, 3.8) is 0 Å². The summed E-state index contributed by atoms with van der Waals surface area (Å²) >= 11 is 0. The zero-order chi connectivity index (χ0) is 5.49. The normalized spacial score (nSPS) is 31.1. The van der Waals surface area contributed by atoms with Crippen molar-refractivity contribution >= 4 is 12.4 Å². The highest BCUT2D eigenvalue weighted by Crippen LogP contribution is 2.43. The molecule has 2 nitrogen and oxygen atoms in total. The fraction of sp³-hybridized carbons (Fsp3) is 1.00. The van der Waals surface area contributed by atoms with E-state index in [1.807, 2.05) is 0 Å². The van der Waals surface area contributed by atoms with E-state index in [0.717, 1.165) is 0 Å². The fourth-order valence-electron chi connectivity index (χ4n) is 0.336. The zero-order valence-electron chi connectivity index (χ0n) is 3.93. The van der Waals surface area contributed by atoms with E-state index in [1.54, 1.807) is 0 Å². The molecule has 0 saturated heterocycles. The zero-order valence-corrected chi connectivity index (χ0v) is 4.75. The molecule has 0 aromatic carbocycles. The minimum atomic E-state index is -2.63. The van der Waals surface area contributed by atoms with Gasteiger partial charge in [0.1, 0.15) is 6.10 Å². The van der Waals surface area contributed by atoms with Crippen LogP contribution in [0.1, 0.15) is 6.42 Å². The van der Waals surface area contributed by atoms with Crippen LogP contribution in [0.25, 0.3) is 0 Å². The Labute approximate surface area is 51.4 Å². The minimum absolute atomic E-state index is 0. The molecule has 0 bridgehead atoms. The first-order chi connectivity index (χ1) is 3.17. The molecule has 0 aromatic heterocycles. The van der Waals surface area contributed by atoms with E-state index in [0.29, 0.717) is 0 Å². The molecular formula is C3H6ClF2NO. The minimum Gasteiger partial charge on any atom is -0.295 e. The Morgan fingerprint density at radius 1 is 1.62 bits per heavy atom. The summed E-state index contributed by atoms with van der Waals surface area (Å²) in [6, 6.07) is 0. The average Bonchev–Trinajstić information content (AvgIpc) is 2.13. The smallest absolute Gasteiger partial charge is 0.278 e. The third-order valence-electron chi connectivity index (χ3n) is 0.933. The van der Waals surface area contributed by atoms with Gasteiger partial charge in [-0.3, -0.25) is 4.84 Å². The molecule has 0 spiro atoms. The molecule has 8 heavy (non-hydrogen) atoms. The lowest BCUT2D eigenvalue weighted by molar-refractivity contribution is 0.0128. The van der Waals surface area contributed by atoms with Crippen LogP contribution in [-0.4, -0.2) is 12.0 Å². The molecule has 2 N–H and O–H groups in total. The standard InChI is InChI=1S/C3H5F2NO.ClH/c4-3(5)1-2(3)7-6;/h2H,1,6H2;1H. The molecule has 1 unspecified atom stereocenters. The van der Waals surface area contributed by atoms with Crippen LogP contribution < -0.4 is 5.90 Å². The van der Waals surface area contributed by atoms with E-state index in [4.69, 9.17) is 0 Å². The summed E-state index contributed by atoms with van der Waals surface area (Å²) < 4.78 is 23.2. The Bertz CT molecular complexity index is 89.4. The van der Waals surface area contributed by atoms with Gasteiger partial charge >= 0.3 is 0 Å². The molecule has 0 aromatic rings. The average molecular weight is 146 g/mol. The lowest BCUT2D eigenvalue weighted by Crippen LogP contribution is -2.08. The molecule has 1 fully saturated rings. The molecule has 0 radical (unpaired) electrons. The second-order valence-corrected chi connectivity index (χ2v) is 1.59. The van der Waals surface area contributed by atoms with Gasteiger partial charge < -0.3 is 0 Å². The highest BCUT2D eigenvalue weighted by molar-refractivity contribution is 5.85. The van der Waals surface area contributed by atoms with Gasteiger partial charge in [-0.05, 0) is 0 Å². The van der Waals surface area contributed by atoms with Crippen LogP contribution in [0.2, 0.25) is 0 Å². The van der Waals surface area contributed by atoms with Gasteiger partial charge in [0.05, 0.1) is 0 Å². The van der Waals surface area contributed by atoms with Crippen LogP contribution in [-0.2, 0) is 4.84 Å². The van der Waals surface area contributed by atoms with Crippen molar-refractivity contribution in [1.82, 2.24) is 0 Å². The molecule has 1 aliphatic carbocycles. The molecule has 0 heterocycles. The third kappa shape index (κ3) is 1.27. The highest BCUT2D eigenvalue weighted by atomic mass is 35.5. The van der Waals surface area contributed by atoms with Crippen LogP contribution in [0.5, 0.6) is 0 Å². The largest absolute Gasteiger partial charge is 0.295 e. The second-order valence-electron chi connectivity index (χ2n) is 1.59. The van der Waals surface area contributed by atoms with Gasteiger partial charge in [0.2, 0.25) is 0 Å². The maximum Gasteiger partial charge on any atom is 0.278 e. The number of hydrogen-bond donors (Lipinski definition) is 1. The topological polar surface area (TPSA) is 35.2 Å². The Morgan fingerprint density at radius 3 is 2.00 bits per heavy atom. The first-order valence-corrected chi connectivity index (χ1v) is 1.90. The van der Waals surface area contributed by atoms with Crippen LogP contribution in [0.4, 0.5) is 8.78 Å². The maximum atomic E-state index is 11.6. The van der Waals surface area contributed by atoms with Crippen molar-refractivity contribution in [2.75, 3.05) is 0 Å². The van der Waals surface area contributed by atoms with E-state index in [1.165, 1.54) is 0 Å². The molecular weight excluding hydrogens is 139 g/mol. The van der Waals surface area contributed by atoms with E-state index in [9.17, 15) is 8.78 Å². The van der Waals surface area contributed by atoms with E-state index in [2.05, 4.69) is 10.7 Å². The quantitative estimate of drug-likeness (QED) is 0.552.